The third-order valence-electron chi connectivity index (χ3n) is 1.83. The van der Waals surface area contributed by atoms with E-state index < -0.39 is 0 Å². The second kappa shape index (κ2) is 3.08. The van der Waals surface area contributed by atoms with Crippen LogP contribution in [0.3, 0.4) is 0 Å². The fourth-order valence-corrected chi connectivity index (χ4v) is 1.32. The van der Waals surface area contributed by atoms with Crippen molar-refractivity contribution in [1.82, 2.24) is 9.55 Å². The molecule has 0 amide bonds. The summed E-state index contributed by atoms with van der Waals surface area (Å²) in [6.45, 7) is 1.48. The summed E-state index contributed by atoms with van der Waals surface area (Å²) in [6, 6.07) is 0. The van der Waals surface area contributed by atoms with E-state index in [1.54, 1.807) is 11.6 Å². The molecule has 72 valence electrons. The van der Waals surface area contributed by atoms with Crippen LogP contribution in [0.2, 0.25) is 0 Å². The maximum absolute atomic E-state index is 11.2. The lowest BCUT2D eigenvalue weighted by molar-refractivity contribution is 0.101. The number of nitrogens with zero attached hydrogens (tertiary/aromatic N) is 3. The lowest BCUT2D eigenvalue weighted by atomic mass is 10.3. The number of carbonyl (C=O) groups is 1. The molecule has 0 saturated carbocycles. The number of hydrogen-bond acceptors (Lipinski definition) is 4. The molecule has 1 aromatic heterocycles. The summed E-state index contributed by atoms with van der Waals surface area (Å²) in [4.78, 5) is 17.0. The van der Waals surface area contributed by atoms with Gasteiger partial charge < -0.3 is 15.2 Å². The maximum atomic E-state index is 11.2. The van der Waals surface area contributed by atoms with Crippen molar-refractivity contribution in [2.24, 2.45) is 7.05 Å². The van der Waals surface area contributed by atoms with E-state index in [9.17, 15) is 4.79 Å². The van der Waals surface area contributed by atoms with Crippen molar-refractivity contribution in [2.45, 2.75) is 6.92 Å². The number of carbonyl (C=O) groups excluding carboxylic acids is 1. The lowest BCUT2D eigenvalue weighted by Gasteiger charge is -2.11. The fraction of sp³-hybridized carbons (Fsp3) is 0.500. The van der Waals surface area contributed by atoms with Gasteiger partial charge in [-0.25, -0.2) is 0 Å². The topological polar surface area (TPSA) is 64.2 Å². The molecule has 0 atom stereocenters. The Hall–Kier alpha value is -1.52. The van der Waals surface area contributed by atoms with Gasteiger partial charge in [-0.1, -0.05) is 0 Å². The number of nitrogens with two attached hydrogens (primary N) is 1. The second-order valence-electron chi connectivity index (χ2n) is 3.16. The van der Waals surface area contributed by atoms with Crippen LogP contribution < -0.4 is 10.6 Å². The maximum Gasteiger partial charge on any atom is 0.207 e. The van der Waals surface area contributed by atoms with Gasteiger partial charge in [0, 0.05) is 28.1 Å². The van der Waals surface area contributed by atoms with Crippen LogP contribution in [0.1, 0.15) is 17.4 Å². The van der Waals surface area contributed by atoms with Gasteiger partial charge in [0.1, 0.15) is 5.69 Å². The van der Waals surface area contributed by atoms with Gasteiger partial charge in [-0.15, -0.1) is 0 Å². The minimum atomic E-state index is -0.0689. The molecule has 0 bridgehead atoms. The van der Waals surface area contributed by atoms with Crippen LogP contribution in [-0.4, -0.2) is 29.4 Å². The number of imidazole rings is 1. The first kappa shape index (κ1) is 9.57. The third-order valence-corrected chi connectivity index (χ3v) is 1.83. The quantitative estimate of drug-likeness (QED) is 0.667. The normalized spacial score (nSPS) is 10.2. The average molecular weight is 182 g/mol. The highest BCUT2D eigenvalue weighted by Crippen LogP contribution is 2.18. The highest BCUT2D eigenvalue weighted by atomic mass is 16.1. The molecular weight excluding hydrogens is 168 g/mol. The molecule has 1 rings (SSSR count). The standard InChI is InChI=1S/C8H14N4O/c1-5(13)6-7(9)10-8(11(2)3)12(6)4/h9H2,1-4H3. The molecule has 5 nitrogen and oxygen atoms in total. The molecule has 0 aliphatic heterocycles. The van der Waals surface area contributed by atoms with E-state index in [4.69, 9.17) is 5.73 Å². The van der Waals surface area contributed by atoms with Crippen LogP contribution in [0, 0.1) is 0 Å². The zero-order chi connectivity index (χ0) is 10.2. The summed E-state index contributed by atoms with van der Waals surface area (Å²) < 4.78 is 1.69. The van der Waals surface area contributed by atoms with Crippen molar-refractivity contribution in [3.63, 3.8) is 0 Å². The molecular formula is C8H14N4O. The molecule has 13 heavy (non-hydrogen) atoms. The largest absolute Gasteiger partial charge is 0.382 e. The molecule has 0 aliphatic carbocycles. The Morgan fingerprint density at radius 2 is 2.08 bits per heavy atom. The van der Waals surface area contributed by atoms with Crippen LogP contribution in [0.4, 0.5) is 11.8 Å². The first-order valence-corrected chi connectivity index (χ1v) is 3.95. The molecule has 0 aromatic carbocycles. The van der Waals surface area contributed by atoms with Crippen LogP contribution in [0.25, 0.3) is 0 Å². The summed E-state index contributed by atoms with van der Waals surface area (Å²) in [7, 11) is 5.48. The van der Waals surface area contributed by atoms with Gasteiger partial charge in [0.2, 0.25) is 5.95 Å². The second-order valence-corrected chi connectivity index (χ2v) is 3.16. The monoisotopic (exact) mass is 182 g/mol. The van der Waals surface area contributed by atoms with Crippen LogP contribution in [-0.2, 0) is 7.05 Å². The predicted molar refractivity (Wildman–Crippen MR) is 52.0 cm³/mol. The van der Waals surface area contributed by atoms with E-state index in [-0.39, 0.29) is 5.78 Å². The van der Waals surface area contributed by atoms with Crippen molar-refractivity contribution in [2.75, 3.05) is 24.7 Å². The summed E-state index contributed by atoms with van der Waals surface area (Å²) >= 11 is 0. The number of rotatable bonds is 2. The summed E-state index contributed by atoms with van der Waals surface area (Å²) in [5.74, 6) is 0.905. The van der Waals surface area contributed by atoms with Crippen LogP contribution in [0.15, 0.2) is 0 Å². The van der Waals surface area contributed by atoms with Gasteiger partial charge in [0.25, 0.3) is 0 Å². The summed E-state index contributed by atoms with van der Waals surface area (Å²) in [5, 5.41) is 0. The SMILES string of the molecule is CC(=O)c1c(N)nc(N(C)C)n1C. The summed E-state index contributed by atoms with van der Waals surface area (Å²) in [5.41, 5.74) is 6.06. The van der Waals surface area contributed by atoms with Gasteiger partial charge in [0.15, 0.2) is 11.6 Å². The zero-order valence-corrected chi connectivity index (χ0v) is 8.33. The third kappa shape index (κ3) is 1.49. The van der Waals surface area contributed by atoms with Gasteiger partial charge in [-0.3, -0.25) is 4.79 Å². The number of hydrogen-bond donors (Lipinski definition) is 1. The number of Topliss-reactive ketones (excluding diaryl/α,β-unsaturated/α-hetero) is 1. The zero-order valence-electron chi connectivity index (χ0n) is 8.33. The van der Waals surface area contributed by atoms with E-state index in [1.165, 1.54) is 6.92 Å². The summed E-state index contributed by atoms with van der Waals surface area (Å²) in [6.07, 6.45) is 0. The van der Waals surface area contributed by atoms with Crippen LogP contribution >= 0.6 is 0 Å². The highest BCUT2D eigenvalue weighted by molar-refractivity contribution is 5.97. The number of ketones is 1. The number of aromatic nitrogens is 2. The van der Waals surface area contributed by atoms with Gasteiger partial charge >= 0.3 is 0 Å². The molecule has 0 fully saturated rings. The minimum absolute atomic E-state index is 0.0689. The smallest absolute Gasteiger partial charge is 0.207 e. The Morgan fingerprint density at radius 1 is 1.54 bits per heavy atom. The van der Waals surface area contributed by atoms with E-state index in [2.05, 4.69) is 4.98 Å². The van der Waals surface area contributed by atoms with Crippen LogP contribution in [0.5, 0.6) is 0 Å². The molecule has 0 aliphatic rings. The first-order chi connectivity index (χ1) is 5.95. The van der Waals surface area contributed by atoms with Crippen molar-refractivity contribution in [3.8, 4) is 0 Å². The molecule has 0 saturated heterocycles. The molecule has 1 heterocycles. The molecule has 2 N–H and O–H groups in total. The Morgan fingerprint density at radius 3 is 2.31 bits per heavy atom. The lowest BCUT2D eigenvalue weighted by Crippen LogP contribution is -2.15. The molecule has 5 heteroatoms. The molecule has 0 radical (unpaired) electrons. The Kier molecular flexibility index (Phi) is 2.27. The van der Waals surface area contributed by atoms with E-state index in [1.807, 2.05) is 19.0 Å². The number of anilines is 2. The minimum Gasteiger partial charge on any atom is -0.382 e. The van der Waals surface area contributed by atoms with Gasteiger partial charge in [-0.05, 0) is 0 Å². The van der Waals surface area contributed by atoms with E-state index in [0.29, 0.717) is 17.5 Å². The average Bonchev–Trinajstić information content (AvgIpc) is 2.26. The van der Waals surface area contributed by atoms with E-state index >= 15 is 0 Å². The molecule has 0 unspecified atom stereocenters. The van der Waals surface area contributed by atoms with Crippen molar-refractivity contribution in [3.05, 3.63) is 5.69 Å². The molecule has 0 spiro atoms. The molecule has 1 aromatic rings. The first-order valence-electron chi connectivity index (χ1n) is 3.95. The highest BCUT2D eigenvalue weighted by Gasteiger charge is 2.16. The Balaban J connectivity index is 3.30. The fourth-order valence-electron chi connectivity index (χ4n) is 1.32. The van der Waals surface area contributed by atoms with Gasteiger partial charge in [0.05, 0.1) is 0 Å². The van der Waals surface area contributed by atoms with Crippen molar-refractivity contribution >= 4 is 17.5 Å². The number of nitrogen functional groups attached to an aromatic ring is 1. The Bertz CT molecular complexity index is 340. The van der Waals surface area contributed by atoms with E-state index in [0.717, 1.165) is 0 Å². The van der Waals surface area contributed by atoms with Gasteiger partial charge in [-0.2, -0.15) is 4.98 Å². The Labute approximate surface area is 77.2 Å². The van der Waals surface area contributed by atoms with Crippen molar-refractivity contribution < 1.29 is 4.79 Å². The predicted octanol–water partition coefficient (Wildman–Crippen LogP) is 0.271. The van der Waals surface area contributed by atoms with Crippen molar-refractivity contribution in [1.29, 1.82) is 0 Å².